The Labute approximate surface area is 161 Å². The van der Waals surface area contributed by atoms with Crippen LogP contribution in [0.1, 0.15) is 37.0 Å². The van der Waals surface area contributed by atoms with Crippen molar-refractivity contribution < 1.29 is 9.21 Å². The summed E-state index contributed by atoms with van der Waals surface area (Å²) in [6.07, 6.45) is 6.28. The minimum atomic E-state index is 0.0653. The summed E-state index contributed by atoms with van der Waals surface area (Å²) >= 11 is 0. The van der Waals surface area contributed by atoms with E-state index in [1.54, 1.807) is 6.26 Å². The normalized spacial score (nSPS) is 20.7. The smallest absolute Gasteiger partial charge is 0.224 e. The van der Waals surface area contributed by atoms with Gasteiger partial charge in [0.1, 0.15) is 5.76 Å². The van der Waals surface area contributed by atoms with E-state index in [-0.39, 0.29) is 11.8 Å². The van der Waals surface area contributed by atoms with Crippen molar-refractivity contribution >= 4 is 11.6 Å². The van der Waals surface area contributed by atoms with Crippen molar-refractivity contribution in [3.05, 3.63) is 54.0 Å². The average molecular weight is 367 g/mol. The summed E-state index contributed by atoms with van der Waals surface area (Å²) < 4.78 is 5.44. The van der Waals surface area contributed by atoms with Gasteiger partial charge in [-0.3, -0.25) is 9.69 Å². The minimum Gasteiger partial charge on any atom is -0.468 e. The summed E-state index contributed by atoms with van der Waals surface area (Å²) in [6, 6.07) is 12.5. The zero-order valence-electron chi connectivity index (χ0n) is 15.9. The Morgan fingerprint density at radius 3 is 2.81 bits per heavy atom. The molecule has 2 aliphatic rings. The van der Waals surface area contributed by atoms with Gasteiger partial charge in [0.25, 0.3) is 0 Å². The molecular formula is C22H29N3O2. The van der Waals surface area contributed by atoms with Crippen LogP contribution in [0.5, 0.6) is 0 Å². The topological polar surface area (TPSA) is 48.7 Å². The second-order valence-electron chi connectivity index (χ2n) is 7.74. The third-order valence-electron chi connectivity index (χ3n) is 5.68. The molecule has 2 saturated heterocycles. The van der Waals surface area contributed by atoms with Crippen molar-refractivity contribution in [3.63, 3.8) is 0 Å². The Morgan fingerprint density at radius 1 is 1.11 bits per heavy atom. The zero-order valence-corrected chi connectivity index (χ0v) is 15.9. The lowest BCUT2D eigenvalue weighted by Crippen LogP contribution is -2.42. The summed E-state index contributed by atoms with van der Waals surface area (Å²) in [4.78, 5) is 17.4. The first kappa shape index (κ1) is 18.1. The van der Waals surface area contributed by atoms with E-state index in [2.05, 4.69) is 39.4 Å². The second kappa shape index (κ2) is 8.61. The molecule has 5 heteroatoms. The molecule has 2 fully saturated rings. The zero-order chi connectivity index (χ0) is 18.5. The number of benzene rings is 1. The highest BCUT2D eigenvalue weighted by molar-refractivity contribution is 5.79. The maximum absolute atomic E-state index is 12.7. The number of amides is 1. The highest BCUT2D eigenvalue weighted by Crippen LogP contribution is 2.22. The quantitative estimate of drug-likeness (QED) is 0.850. The minimum absolute atomic E-state index is 0.0653. The lowest BCUT2D eigenvalue weighted by Gasteiger charge is -2.31. The molecule has 3 heterocycles. The maximum atomic E-state index is 12.7. The van der Waals surface area contributed by atoms with Crippen LogP contribution in [-0.2, 0) is 17.9 Å². The molecule has 27 heavy (non-hydrogen) atoms. The van der Waals surface area contributed by atoms with E-state index in [1.807, 2.05) is 12.1 Å². The molecular weight excluding hydrogens is 338 g/mol. The van der Waals surface area contributed by atoms with Gasteiger partial charge in [-0.25, -0.2) is 0 Å². The second-order valence-corrected chi connectivity index (χ2v) is 7.74. The molecule has 1 atom stereocenters. The van der Waals surface area contributed by atoms with Crippen molar-refractivity contribution in [1.82, 2.24) is 10.2 Å². The monoisotopic (exact) mass is 367 g/mol. The fourth-order valence-corrected chi connectivity index (χ4v) is 4.21. The third kappa shape index (κ3) is 4.72. The van der Waals surface area contributed by atoms with E-state index in [0.717, 1.165) is 51.3 Å². The molecule has 0 saturated carbocycles. The Hall–Kier alpha value is -2.27. The van der Waals surface area contributed by atoms with Crippen LogP contribution in [0.3, 0.4) is 0 Å². The van der Waals surface area contributed by atoms with Gasteiger partial charge in [0, 0.05) is 31.9 Å². The Bertz CT molecular complexity index is 738. The third-order valence-corrected chi connectivity index (χ3v) is 5.68. The fraction of sp³-hybridized carbons (Fsp3) is 0.500. The Balaban J connectivity index is 1.29. The molecule has 1 aromatic carbocycles. The van der Waals surface area contributed by atoms with Gasteiger partial charge in [-0.15, -0.1) is 0 Å². The number of rotatable bonds is 6. The first-order valence-electron chi connectivity index (χ1n) is 10.1. The average Bonchev–Trinajstić information content (AvgIpc) is 3.41. The molecule has 2 aromatic rings. The SMILES string of the molecule is O=C(NCc1cccc(N2CCCC2)c1)C1CCCN(Cc2ccco2)C1. The number of likely N-dealkylation sites (tertiary alicyclic amines) is 1. The number of anilines is 1. The molecule has 0 aliphatic carbocycles. The number of nitrogens with zero attached hydrogens (tertiary/aromatic N) is 2. The molecule has 2 aliphatic heterocycles. The highest BCUT2D eigenvalue weighted by Gasteiger charge is 2.26. The number of nitrogens with one attached hydrogen (secondary N) is 1. The van der Waals surface area contributed by atoms with Gasteiger partial charge in [-0.1, -0.05) is 12.1 Å². The first-order valence-corrected chi connectivity index (χ1v) is 10.1. The van der Waals surface area contributed by atoms with Gasteiger partial charge in [-0.2, -0.15) is 0 Å². The van der Waals surface area contributed by atoms with E-state index in [9.17, 15) is 4.79 Å². The number of hydrogen-bond acceptors (Lipinski definition) is 4. The van der Waals surface area contributed by atoms with Gasteiger partial charge in [0.05, 0.1) is 18.7 Å². The largest absolute Gasteiger partial charge is 0.468 e. The van der Waals surface area contributed by atoms with Gasteiger partial charge in [0.15, 0.2) is 0 Å². The summed E-state index contributed by atoms with van der Waals surface area (Å²) in [6.45, 7) is 5.51. The van der Waals surface area contributed by atoms with Gasteiger partial charge in [-0.05, 0) is 62.1 Å². The van der Waals surface area contributed by atoms with E-state index < -0.39 is 0 Å². The summed E-state index contributed by atoms with van der Waals surface area (Å²) in [7, 11) is 0. The van der Waals surface area contributed by atoms with Crippen molar-refractivity contribution in [1.29, 1.82) is 0 Å². The standard InChI is InChI=1S/C22H29N3O2/c26-22(19-7-4-10-24(16-19)17-21-9-5-13-27-21)23-15-18-6-3-8-20(14-18)25-11-1-2-12-25/h3,5-6,8-9,13-14,19H,1-2,4,7,10-12,15-17H2,(H,23,26). The van der Waals surface area contributed by atoms with Crippen molar-refractivity contribution in [2.24, 2.45) is 5.92 Å². The number of piperidine rings is 1. The molecule has 0 radical (unpaired) electrons. The number of furan rings is 1. The lowest BCUT2D eigenvalue weighted by atomic mass is 9.97. The van der Waals surface area contributed by atoms with Crippen LogP contribution in [0.4, 0.5) is 5.69 Å². The Morgan fingerprint density at radius 2 is 2.00 bits per heavy atom. The van der Waals surface area contributed by atoms with E-state index in [4.69, 9.17) is 4.42 Å². The highest BCUT2D eigenvalue weighted by atomic mass is 16.3. The van der Waals surface area contributed by atoms with Crippen LogP contribution >= 0.6 is 0 Å². The Kier molecular flexibility index (Phi) is 5.78. The molecule has 1 unspecified atom stereocenters. The molecule has 1 amide bonds. The maximum Gasteiger partial charge on any atom is 0.224 e. The van der Waals surface area contributed by atoms with Crippen LogP contribution in [0, 0.1) is 5.92 Å². The van der Waals surface area contributed by atoms with Gasteiger partial charge < -0.3 is 14.6 Å². The molecule has 1 aromatic heterocycles. The molecule has 5 nitrogen and oxygen atoms in total. The van der Waals surface area contributed by atoms with Crippen LogP contribution < -0.4 is 10.2 Å². The molecule has 144 valence electrons. The van der Waals surface area contributed by atoms with Crippen molar-refractivity contribution in [2.45, 2.75) is 38.8 Å². The first-order chi connectivity index (χ1) is 13.3. The van der Waals surface area contributed by atoms with Crippen LogP contribution in [-0.4, -0.2) is 37.0 Å². The summed E-state index contributed by atoms with van der Waals surface area (Å²) in [5.74, 6) is 1.20. The summed E-state index contributed by atoms with van der Waals surface area (Å²) in [5.41, 5.74) is 2.46. The van der Waals surface area contributed by atoms with Crippen LogP contribution in [0.15, 0.2) is 47.1 Å². The number of carbonyl (C=O) groups excluding carboxylic acids is 1. The fourth-order valence-electron chi connectivity index (χ4n) is 4.21. The number of hydrogen-bond donors (Lipinski definition) is 1. The van der Waals surface area contributed by atoms with Gasteiger partial charge >= 0.3 is 0 Å². The predicted molar refractivity (Wildman–Crippen MR) is 106 cm³/mol. The van der Waals surface area contributed by atoms with Gasteiger partial charge in [0.2, 0.25) is 5.91 Å². The lowest BCUT2D eigenvalue weighted by molar-refractivity contribution is -0.127. The predicted octanol–water partition coefficient (Wildman–Crippen LogP) is 3.41. The van der Waals surface area contributed by atoms with E-state index in [0.29, 0.717) is 6.54 Å². The molecule has 0 bridgehead atoms. The molecule has 1 N–H and O–H groups in total. The van der Waals surface area contributed by atoms with E-state index in [1.165, 1.54) is 24.1 Å². The summed E-state index contributed by atoms with van der Waals surface area (Å²) in [5, 5.41) is 3.16. The van der Waals surface area contributed by atoms with E-state index >= 15 is 0 Å². The van der Waals surface area contributed by atoms with Crippen LogP contribution in [0.2, 0.25) is 0 Å². The molecule has 0 spiro atoms. The van der Waals surface area contributed by atoms with Crippen LogP contribution in [0.25, 0.3) is 0 Å². The van der Waals surface area contributed by atoms with Crippen molar-refractivity contribution in [3.8, 4) is 0 Å². The number of carbonyl (C=O) groups is 1. The molecule has 4 rings (SSSR count). The van der Waals surface area contributed by atoms with Crippen molar-refractivity contribution in [2.75, 3.05) is 31.1 Å².